The van der Waals surface area contributed by atoms with E-state index in [1.54, 1.807) is 10.8 Å². The third-order valence-electron chi connectivity index (χ3n) is 4.93. The first-order valence-electron chi connectivity index (χ1n) is 9.00. The van der Waals surface area contributed by atoms with E-state index in [1.165, 1.54) is 6.20 Å². The van der Waals surface area contributed by atoms with Crippen LogP contribution in [0.4, 0.5) is 0 Å². The van der Waals surface area contributed by atoms with Gasteiger partial charge in [-0.2, -0.15) is 0 Å². The summed E-state index contributed by atoms with van der Waals surface area (Å²) in [5.41, 5.74) is 6.45. The van der Waals surface area contributed by atoms with E-state index < -0.39 is 0 Å². The van der Waals surface area contributed by atoms with E-state index in [0.29, 0.717) is 17.7 Å². The summed E-state index contributed by atoms with van der Waals surface area (Å²) in [6.45, 7) is 0.441. The van der Waals surface area contributed by atoms with E-state index in [-0.39, 0.29) is 5.56 Å². The Balaban J connectivity index is 1.57. The summed E-state index contributed by atoms with van der Waals surface area (Å²) in [5, 5.41) is 0. The lowest BCUT2D eigenvalue weighted by Gasteiger charge is -2.10. The van der Waals surface area contributed by atoms with E-state index in [1.807, 2.05) is 48.3 Å². The maximum atomic E-state index is 12.4. The third-order valence-corrected chi connectivity index (χ3v) is 4.93. The molecule has 0 N–H and O–H groups in total. The first-order valence-corrected chi connectivity index (χ1v) is 9.00. The van der Waals surface area contributed by atoms with Crippen LogP contribution in [0.3, 0.4) is 0 Å². The first kappa shape index (κ1) is 16.4. The Labute approximate surface area is 160 Å². The number of aryl methyl sites for hydroxylation is 1. The largest absolute Gasteiger partial charge is 0.334 e. The van der Waals surface area contributed by atoms with Gasteiger partial charge in [0.1, 0.15) is 5.52 Å². The number of pyridine rings is 1. The minimum Gasteiger partial charge on any atom is -0.334 e. The van der Waals surface area contributed by atoms with Gasteiger partial charge in [0, 0.05) is 13.2 Å². The number of hydrogen-bond donors (Lipinski definition) is 0. The lowest BCUT2D eigenvalue weighted by Crippen LogP contribution is -2.21. The van der Waals surface area contributed by atoms with E-state index in [0.717, 1.165) is 27.7 Å². The predicted octanol–water partition coefficient (Wildman–Crippen LogP) is 3.39. The van der Waals surface area contributed by atoms with Gasteiger partial charge in [0.05, 0.1) is 30.1 Å². The molecule has 0 atom stereocenters. The molecule has 0 aliphatic heterocycles. The van der Waals surface area contributed by atoms with Gasteiger partial charge < -0.3 is 4.57 Å². The van der Waals surface area contributed by atoms with Crippen LogP contribution in [0.2, 0.25) is 0 Å². The Kier molecular flexibility index (Phi) is 3.76. The van der Waals surface area contributed by atoms with Crippen molar-refractivity contribution in [2.75, 3.05) is 0 Å². The summed E-state index contributed by atoms with van der Waals surface area (Å²) >= 11 is 0. The van der Waals surface area contributed by atoms with Crippen molar-refractivity contribution in [2.45, 2.75) is 6.54 Å². The molecule has 136 valence electrons. The smallest absolute Gasteiger partial charge is 0.270 e. The normalized spacial score (nSPS) is 11.3. The molecule has 0 spiro atoms. The Morgan fingerprint density at radius 3 is 2.71 bits per heavy atom. The molecule has 0 bridgehead atoms. The topological polar surface area (TPSA) is 65.6 Å². The standard InChI is InChI=1S/C22H17N5O/c1-26-14-25-18-8-7-17(11-20(18)26)16-5-2-4-15(10-16)13-27-21(28)12-24-19-6-3-9-23-22(19)27/h2-12,14H,13H2,1H3. The number of nitrogens with zero attached hydrogens (tertiary/aromatic N) is 5. The van der Waals surface area contributed by atoms with Crippen LogP contribution in [0, 0.1) is 0 Å². The monoisotopic (exact) mass is 367 g/mol. The zero-order valence-corrected chi connectivity index (χ0v) is 15.3. The van der Waals surface area contributed by atoms with Gasteiger partial charge in [0.2, 0.25) is 0 Å². The molecule has 5 aromatic rings. The molecule has 0 radical (unpaired) electrons. The van der Waals surface area contributed by atoms with Crippen LogP contribution in [-0.4, -0.2) is 24.1 Å². The van der Waals surface area contributed by atoms with Crippen molar-refractivity contribution in [2.24, 2.45) is 7.05 Å². The molecule has 28 heavy (non-hydrogen) atoms. The van der Waals surface area contributed by atoms with Crippen molar-refractivity contribution in [3.8, 4) is 11.1 Å². The van der Waals surface area contributed by atoms with Crippen LogP contribution in [0.15, 0.2) is 78.1 Å². The van der Waals surface area contributed by atoms with E-state index in [4.69, 9.17) is 0 Å². The van der Waals surface area contributed by atoms with Gasteiger partial charge in [-0.25, -0.2) is 15.0 Å². The van der Waals surface area contributed by atoms with Crippen molar-refractivity contribution in [1.82, 2.24) is 24.1 Å². The third kappa shape index (κ3) is 2.75. The highest BCUT2D eigenvalue weighted by molar-refractivity contribution is 5.82. The molecule has 0 unspecified atom stereocenters. The van der Waals surface area contributed by atoms with Crippen LogP contribution >= 0.6 is 0 Å². The van der Waals surface area contributed by atoms with Gasteiger partial charge in [0.25, 0.3) is 5.56 Å². The van der Waals surface area contributed by atoms with Crippen LogP contribution in [-0.2, 0) is 13.6 Å². The van der Waals surface area contributed by atoms with Crippen LogP contribution in [0.5, 0.6) is 0 Å². The Morgan fingerprint density at radius 2 is 1.79 bits per heavy atom. The molecular formula is C22H17N5O. The summed E-state index contributed by atoms with van der Waals surface area (Å²) < 4.78 is 3.67. The van der Waals surface area contributed by atoms with Crippen molar-refractivity contribution >= 4 is 22.2 Å². The number of aromatic nitrogens is 5. The summed E-state index contributed by atoms with van der Waals surface area (Å²) in [6.07, 6.45) is 4.85. The maximum Gasteiger partial charge on any atom is 0.270 e. The van der Waals surface area contributed by atoms with Crippen LogP contribution < -0.4 is 5.56 Å². The minimum atomic E-state index is -0.159. The molecule has 0 fully saturated rings. The minimum absolute atomic E-state index is 0.159. The van der Waals surface area contributed by atoms with Gasteiger partial charge in [-0.3, -0.25) is 9.36 Å². The van der Waals surface area contributed by atoms with Crippen LogP contribution in [0.25, 0.3) is 33.3 Å². The fourth-order valence-electron chi connectivity index (χ4n) is 3.49. The average Bonchev–Trinajstić information content (AvgIpc) is 3.11. The fourth-order valence-corrected chi connectivity index (χ4v) is 3.49. The summed E-state index contributed by atoms with van der Waals surface area (Å²) in [6, 6.07) is 18.1. The number of rotatable bonds is 3. The molecule has 6 heteroatoms. The van der Waals surface area contributed by atoms with Crippen LogP contribution in [0.1, 0.15) is 5.56 Å². The molecule has 0 saturated heterocycles. The van der Waals surface area contributed by atoms with Gasteiger partial charge in [0.15, 0.2) is 5.65 Å². The van der Waals surface area contributed by atoms with Gasteiger partial charge in [-0.15, -0.1) is 0 Å². The summed E-state index contributed by atoms with van der Waals surface area (Å²) in [4.78, 5) is 25.3. The molecule has 3 heterocycles. The van der Waals surface area contributed by atoms with Gasteiger partial charge >= 0.3 is 0 Å². The quantitative estimate of drug-likeness (QED) is 0.490. The molecular weight excluding hydrogens is 350 g/mol. The summed E-state index contributed by atoms with van der Waals surface area (Å²) in [7, 11) is 1.99. The van der Waals surface area contributed by atoms with Crippen molar-refractivity contribution in [3.63, 3.8) is 0 Å². The van der Waals surface area contributed by atoms with Crippen molar-refractivity contribution in [1.29, 1.82) is 0 Å². The molecule has 5 rings (SSSR count). The molecule has 6 nitrogen and oxygen atoms in total. The molecule has 3 aromatic heterocycles. The second kappa shape index (κ2) is 6.42. The Bertz CT molecular complexity index is 1380. The number of benzene rings is 2. The fraction of sp³-hybridized carbons (Fsp3) is 0.0909. The van der Waals surface area contributed by atoms with Gasteiger partial charge in [-0.05, 0) is 47.0 Å². The van der Waals surface area contributed by atoms with Crippen molar-refractivity contribution in [3.05, 3.63) is 89.2 Å². The first-order chi connectivity index (χ1) is 13.7. The number of imidazole rings is 1. The summed E-state index contributed by atoms with van der Waals surface area (Å²) in [5.74, 6) is 0. The Morgan fingerprint density at radius 1 is 0.893 bits per heavy atom. The second-order valence-corrected chi connectivity index (χ2v) is 6.79. The van der Waals surface area contributed by atoms with E-state index >= 15 is 0 Å². The predicted molar refractivity (Wildman–Crippen MR) is 109 cm³/mol. The zero-order chi connectivity index (χ0) is 19.1. The number of hydrogen-bond acceptors (Lipinski definition) is 4. The molecule has 2 aromatic carbocycles. The van der Waals surface area contributed by atoms with Crippen molar-refractivity contribution < 1.29 is 0 Å². The second-order valence-electron chi connectivity index (χ2n) is 6.79. The lowest BCUT2D eigenvalue weighted by atomic mass is 10.0. The molecule has 0 saturated carbocycles. The number of fused-ring (bicyclic) bond motifs is 2. The highest BCUT2D eigenvalue weighted by atomic mass is 16.1. The van der Waals surface area contributed by atoms with E-state index in [9.17, 15) is 4.79 Å². The van der Waals surface area contributed by atoms with Gasteiger partial charge in [-0.1, -0.05) is 24.3 Å². The average molecular weight is 367 g/mol. The SMILES string of the molecule is Cn1cnc2ccc(-c3cccc(Cn4c(=O)cnc5cccnc54)c3)cc21. The highest BCUT2D eigenvalue weighted by Crippen LogP contribution is 2.25. The highest BCUT2D eigenvalue weighted by Gasteiger charge is 2.08. The molecule has 0 amide bonds. The molecule has 0 aliphatic carbocycles. The zero-order valence-electron chi connectivity index (χ0n) is 15.3. The Hall–Kier alpha value is -3.80. The molecule has 0 aliphatic rings. The maximum absolute atomic E-state index is 12.4. The van der Waals surface area contributed by atoms with E-state index in [2.05, 4.69) is 39.2 Å². The lowest BCUT2D eigenvalue weighted by molar-refractivity contribution is 0.775.